The smallest absolute Gasteiger partial charge is 0.168 e. The highest BCUT2D eigenvalue weighted by molar-refractivity contribution is 5.63. The first-order valence-corrected chi connectivity index (χ1v) is 9.77. The van der Waals surface area contributed by atoms with Gasteiger partial charge in [-0.1, -0.05) is 0 Å². The third-order valence-corrected chi connectivity index (χ3v) is 5.53. The first-order valence-electron chi connectivity index (χ1n) is 9.77. The van der Waals surface area contributed by atoms with Crippen molar-refractivity contribution in [1.82, 2.24) is 24.7 Å². The van der Waals surface area contributed by atoms with Crippen LogP contribution in [0, 0.1) is 11.6 Å². The normalized spacial score (nSPS) is 24.1. The Morgan fingerprint density at radius 3 is 2.77 bits per heavy atom. The van der Waals surface area contributed by atoms with Gasteiger partial charge in [0.15, 0.2) is 23.1 Å². The van der Waals surface area contributed by atoms with Gasteiger partial charge in [0.25, 0.3) is 0 Å². The Labute approximate surface area is 169 Å². The van der Waals surface area contributed by atoms with Crippen molar-refractivity contribution in [3.63, 3.8) is 0 Å². The highest BCUT2D eigenvalue weighted by Gasteiger charge is 2.29. The summed E-state index contributed by atoms with van der Waals surface area (Å²) < 4.78 is 44.4. The molecule has 158 valence electrons. The number of imidazole rings is 1. The Morgan fingerprint density at radius 2 is 2.03 bits per heavy atom. The number of nitrogens with zero attached hydrogens (tertiary/aromatic N) is 5. The Bertz CT molecular complexity index is 1090. The lowest BCUT2D eigenvalue weighted by atomic mass is 10.2. The number of aliphatic hydroxyl groups is 1. The quantitative estimate of drug-likeness (QED) is 0.593. The second-order valence-electron chi connectivity index (χ2n) is 7.51. The number of halogens is 3. The Morgan fingerprint density at radius 1 is 1.17 bits per heavy atom. The van der Waals surface area contributed by atoms with Crippen LogP contribution in [-0.4, -0.2) is 62.5 Å². The summed E-state index contributed by atoms with van der Waals surface area (Å²) in [6.45, 7) is 1.14. The number of hydrogen-bond donors (Lipinski definition) is 3. The van der Waals surface area contributed by atoms with Crippen molar-refractivity contribution in [3.05, 3.63) is 36.3 Å². The topological polar surface area (TPSA) is 90.6 Å². The van der Waals surface area contributed by atoms with Gasteiger partial charge in [-0.05, 0) is 12.8 Å². The predicted octanol–water partition coefficient (Wildman–Crippen LogP) is 1.71. The van der Waals surface area contributed by atoms with Gasteiger partial charge in [-0.2, -0.15) is 0 Å². The standard InChI is InChI=1S/C19H20F3N7O/c20-10-4-11(21)19(26-13-6-23-5-12(13)22)27-18(10)14-7-24-15-8-25-16(9-29(14)15)28-3-1-2-17(28)30/h4,7-9,12-13,17,23,30H,1-3,5-6H2,(H,26,27)/t12-,13-,17?/m0/s1. The second-order valence-corrected chi connectivity index (χ2v) is 7.51. The molecular formula is C19H20F3N7O. The van der Waals surface area contributed by atoms with Crippen LogP contribution in [0.2, 0.25) is 0 Å². The van der Waals surface area contributed by atoms with E-state index < -0.39 is 30.1 Å². The van der Waals surface area contributed by atoms with Crippen LogP contribution in [0.25, 0.3) is 17.0 Å². The van der Waals surface area contributed by atoms with E-state index in [1.54, 1.807) is 15.5 Å². The van der Waals surface area contributed by atoms with Crippen LogP contribution < -0.4 is 15.5 Å². The number of hydrogen-bond acceptors (Lipinski definition) is 7. The minimum Gasteiger partial charge on any atom is -0.374 e. The molecule has 2 aliphatic rings. The van der Waals surface area contributed by atoms with Crippen LogP contribution in [0.5, 0.6) is 0 Å². The predicted molar refractivity (Wildman–Crippen MR) is 104 cm³/mol. The number of aliphatic hydroxyl groups excluding tert-OH is 1. The molecule has 1 unspecified atom stereocenters. The van der Waals surface area contributed by atoms with Crippen LogP contribution in [0.1, 0.15) is 12.8 Å². The van der Waals surface area contributed by atoms with Crippen LogP contribution in [0.3, 0.4) is 0 Å². The molecule has 30 heavy (non-hydrogen) atoms. The van der Waals surface area contributed by atoms with Crippen LogP contribution in [-0.2, 0) is 0 Å². The van der Waals surface area contributed by atoms with Gasteiger partial charge in [0.2, 0.25) is 0 Å². The van der Waals surface area contributed by atoms with Gasteiger partial charge in [0.05, 0.1) is 30.3 Å². The number of nitrogens with one attached hydrogen (secondary N) is 2. The van der Waals surface area contributed by atoms with Crippen LogP contribution >= 0.6 is 0 Å². The third-order valence-electron chi connectivity index (χ3n) is 5.53. The molecule has 2 saturated heterocycles. The molecule has 0 aromatic carbocycles. The van der Waals surface area contributed by atoms with Crippen molar-refractivity contribution in [3.8, 4) is 11.4 Å². The SMILES string of the molecule is OC1CCCN1c1cn2c(-c3nc(N[C@H]4CNC[C@@H]4F)c(F)cc3F)cnc2cn1. The fourth-order valence-corrected chi connectivity index (χ4v) is 3.93. The van der Waals surface area contributed by atoms with E-state index in [1.165, 1.54) is 12.4 Å². The summed E-state index contributed by atoms with van der Waals surface area (Å²) in [6.07, 6.45) is 4.23. The molecule has 0 bridgehead atoms. The maximum atomic E-state index is 14.7. The Balaban J connectivity index is 1.55. The fourth-order valence-electron chi connectivity index (χ4n) is 3.93. The van der Waals surface area contributed by atoms with Crippen LogP contribution in [0.4, 0.5) is 24.8 Å². The van der Waals surface area contributed by atoms with E-state index >= 15 is 0 Å². The molecule has 3 aromatic rings. The van der Waals surface area contributed by atoms with Gasteiger partial charge < -0.3 is 20.6 Å². The van der Waals surface area contributed by atoms with Gasteiger partial charge in [0.1, 0.15) is 23.9 Å². The second kappa shape index (κ2) is 7.40. The number of fused-ring (bicyclic) bond motifs is 1. The van der Waals surface area contributed by atoms with Gasteiger partial charge in [-0.15, -0.1) is 0 Å². The molecule has 3 N–H and O–H groups in total. The van der Waals surface area contributed by atoms with E-state index in [9.17, 15) is 18.3 Å². The zero-order chi connectivity index (χ0) is 20.8. The number of aromatic nitrogens is 4. The minimum atomic E-state index is -1.20. The first kappa shape index (κ1) is 19.1. The molecule has 2 aliphatic heterocycles. The maximum absolute atomic E-state index is 14.7. The van der Waals surface area contributed by atoms with Crippen molar-refractivity contribution < 1.29 is 18.3 Å². The van der Waals surface area contributed by atoms with Crippen molar-refractivity contribution >= 4 is 17.3 Å². The van der Waals surface area contributed by atoms with E-state index in [0.29, 0.717) is 36.7 Å². The van der Waals surface area contributed by atoms with Gasteiger partial charge in [0, 0.05) is 25.7 Å². The molecule has 5 rings (SSSR count). The summed E-state index contributed by atoms with van der Waals surface area (Å²) in [4.78, 5) is 14.4. The van der Waals surface area contributed by atoms with E-state index in [4.69, 9.17) is 0 Å². The Hall–Kier alpha value is -2.92. The highest BCUT2D eigenvalue weighted by atomic mass is 19.1. The molecule has 3 aromatic heterocycles. The average Bonchev–Trinajstić information content (AvgIpc) is 3.44. The van der Waals surface area contributed by atoms with E-state index in [1.807, 2.05) is 0 Å². The monoisotopic (exact) mass is 419 g/mol. The van der Waals surface area contributed by atoms with Crippen molar-refractivity contribution in [1.29, 1.82) is 0 Å². The van der Waals surface area contributed by atoms with Gasteiger partial charge in [-0.3, -0.25) is 4.40 Å². The van der Waals surface area contributed by atoms with Crippen molar-refractivity contribution in [2.75, 3.05) is 29.9 Å². The van der Waals surface area contributed by atoms with Crippen molar-refractivity contribution in [2.24, 2.45) is 0 Å². The maximum Gasteiger partial charge on any atom is 0.168 e. The number of anilines is 2. The third kappa shape index (κ3) is 3.23. The first-order chi connectivity index (χ1) is 14.5. The zero-order valence-corrected chi connectivity index (χ0v) is 15.9. The van der Waals surface area contributed by atoms with E-state index in [2.05, 4.69) is 25.6 Å². The molecule has 0 aliphatic carbocycles. The Kier molecular flexibility index (Phi) is 4.70. The molecular weight excluding hydrogens is 399 g/mol. The van der Waals surface area contributed by atoms with E-state index in [0.717, 1.165) is 12.5 Å². The largest absolute Gasteiger partial charge is 0.374 e. The lowest BCUT2D eigenvalue weighted by Gasteiger charge is -2.21. The summed E-state index contributed by atoms with van der Waals surface area (Å²) in [5.74, 6) is -1.46. The molecule has 0 saturated carbocycles. The van der Waals surface area contributed by atoms with Gasteiger partial charge >= 0.3 is 0 Å². The molecule has 2 fully saturated rings. The minimum absolute atomic E-state index is 0.119. The number of rotatable bonds is 4. The van der Waals surface area contributed by atoms with E-state index in [-0.39, 0.29) is 18.1 Å². The summed E-state index contributed by atoms with van der Waals surface area (Å²) in [5, 5.41) is 15.7. The number of alkyl halides is 1. The molecule has 11 heteroatoms. The highest BCUT2D eigenvalue weighted by Crippen LogP contribution is 2.28. The number of pyridine rings is 1. The average molecular weight is 419 g/mol. The molecule has 0 spiro atoms. The fraction of sp³-hybridized carbons (Fsp3) is 0.421. The summed E-state index contributed by atoms with van der Waals surface area (Å²) >= 11 is 0. The molecule has 8 nitrogen and oxygen atoms in total. The van der Waals surface area contributed by atoms with Crippen LogP contribution in [0.15, 0.2) is 24.7 Å². The molecule has 0 radical (unpaired) electrons. The lowest BCUT2D eigenvalue weighted by Crippen LogP contribution is -2.30. The molecule has 5 heterocycles. The summed E-state index contributed by atoms with van der Waals surface area (Å²) in [5.41, 5.74) is 0.627. The molecule has 3 atom stereocenters. The lowest BCUT2D eigenvalue weighted by molar-refractivity contribution is 0.185. The summed E-state index contributed by atoms with van der Waals surface area (Å²) in [6, 6.07) is 0.0754. The summed E-state index contributed by atoms with van der Waals surface area (Å²) in [7, 11) is 0. The van der Waals surface area contributed by atoms with Crippen molar-refractivity contribution in [2.45, 2.75) is 31.3 Å². The van der Waals surface area contributed by atoms with Gasteiger partial charge in [-0.25, -0.2) is 28.1 Å². The molecule has 0 amide bonds. The zero-order valence-electron chi connectivity index (χ0n) is 15.9.